The summed E-state index contributed by atoms with van der Waals surface area (Å²) >= 11 is 0. The van der Waals surface area contributed by atoms with Crippen molar-refractivity contribution in [2.45, 2.75) is 52.7 Å². The first-order valence-electron chi connectivity index (χ1n) is 5.94. The Hall–Kier alpha value is -0.620. The molecule has 0 fully saturated rings. The minimum Gasteiger partial charge on any atom is -0.301 e. The molecule has 1 heterocycles. The van der Waals surface area contributed by atoms with E-state index in [1.165, 1.54) is 0 Å². The maximum absolute atomic E-state index is 11.4. The first kappa shape index (κ1) is 15.4. The molecule has 1 aromatic rings. The molecule has 1 aromatic heterocycles. The van der Waals surface area contributed by atoms with Crippen molar-refractivity contribution in [3.05, 3.63) is 5.82 Å². The molecule has 0 saturated heterocycles. The minimum absolute atomic E-state index is 0.129. The van der Waals surface area contributed by atoms with Crippen LogP contribution < -0.4 is 0 Å². The predicted molar refractivity (Wildman–Crippen MR) is 71.1 cm³/mol. The number of rotatable bonds is 4. The van der Waals surface area contributed by atoms with Gasteiger partial charge in [-0.05, 0) is 18.3 Å². The van der Waals surface area contributed by atoms with Gasteiger partial charge in [0.2, 0.25) is 0 Å². The van der Waals surface area contributed by atoms with Crippen LogP contribution in [0.1, 0.15) is 40.4 Å². The Balaban J connectivity index is 3.10. The SMILES string of the molecule is CCn1c(CC(C)C(C)(C)C)nnc1S(=O)(=O)Cl. The Bertz CT molecular complexity index is 517. The molecule has 0 radical (unpaired) electrons. The van der Waals surface area contributed by atoms with Gasteiger partial charge in [0.05, 0.1) is 0 Å². The highest BCUT2D eigenvalue weighted by Crippen LogP contribution is 2.28. The summed E-state index contributed by atoms with van der Waals surface area (Å²) in [7, 11) is 1.50. The molecule has 0 bridgehead atoms. The highest BCUT2D eigenvalue weighted by atomic mass is 35.7. The summed E-state index contributed by atoms with van der Waals surface area (Å²) in [6, 6.07) is 0. The number of hydrogen-bond acceptors (Lipinski definition) is 4. The standard InChI is InChI=1S/C11H20ClN3O2S/c1-6-15-9(7-8(2)11(3,4)5)13-14-10(15)18(12,16)17/h8H,6-7H2,1-5H3. The van der Waals surface area contributed by atoms with E-state index in [0.717, 1.165) is 0 Å². The third-order valence-electron chi connectivity index (χ3n) is 3.29. The molecule has 1 unspecified atom stereocenters. The first-order chi connectivity index (χ1) is 8.07. The average molecular weight is 294 g/mol. The lowest BCUT2D eigenvalue weighted by Crippen LogP contribution is -2.21. The van der Waals surface area contributed by atoms with Crippen LogP contribution in [0.2, 0.25) is 0 Å². The minimum atomic E-state index is -3.83. The van der Waals surface area contributed by atoms with Crippen LogP contribution in [0.3, 0.4) is 0 Å². The van der Waals surface area contributed by atoms with Gasteiger partial charge in [0.1, 0.15) is 5.82 Å². The van der Waals surface area contributed by atoms with Crippen LogP contribution in [-0.4, -0.2) is 23.2 Å². The number of aromatic nitrogens is 3. The van der Waals surface area contributed by atoms with Gasteiger partial charge < -0.3 is 4.57 Å². The molecule has 0 N–H and O–H groups in total. The van der Waals surface area contributed by atoms with Crippen LogP contribution in [0.5, 0.6) is 0 Å². The average Bonchev–Trinajstić information content (AvgIpc) is 2.58. The highest BCUT2D eigenvalue weighted by molar-refractivity contribution is 8.13. The fraction of sp³-hybridized carbons (Fsp3) is 0.818. The van der Waals surface area contributed by atoms with Gasteiger partial charge in [0.25, 0.3) is 14.2 Å². The van der Waals surface area contributed by atoms with E-state index in [1.54, 1.807) is 4.57 Å². The summed E-state index contributed by atoms with van der Waals surface area (Å²) < 4.78 is 24.3. The van der Waals surface area contributed by atoms with Crippen LogP contribution in [-0.2, 0) is 22.0 Å². The summed E-state index contributed by atoms with van der Waals surface area (Å²) in [5, 5.41) is 7.48. The molecule has 18 heavy (non-hydrogen) atoms. The quantitative estimate of drug-likeness (QED) is 0.800. The van der Waals surface area contributed by atoms with E-state index in [9.17, 15) is 8.42 Å². The zero-order valence-corrected chi connectivity index (χ0v) is 13.0. The van der Waals surface area contributed by atoms with Gasteiger partial charge in [0, 0.05) is 23.6 Å². The first-order valence-corrected chi connectivity index (χ1v) is 8.25. The second-order valence-corrected chi connectivity index (χ2v) is 8.01. The van der Waals surface area contributed by atoms with Gasteiger partial charge in [-0.15, -0.1) is 10.2 Å². The van der Waals surface area contributed by atoms with Gasteiger partial charge in [0.15, 0.2) is 0 Å². The molecule has 5 nitrogen and oxygen atoms in total. The van der Waals surface area contributed by atoms with Crippen LogP contribution in [0.15, 0.2) is 5.16 Å². The molecule has 7 heteroatoms. The second kappa shape index (κ2) is 5.17. The van der Waals surface area contributed by atoms with Crippen LogP contribution in [0.4, 0.5) is 0 Å². The molecule has 0 amide bonds. The Labute approximate surface area is 113 Å². The molecule has 0 spiro atoms. The van der Waals surface area contributed by atoms with Crippen LogP contribution in [0.25, 0.3) is 0 Å². The molecule has 1 atom stereocenters. The number of hydrogen-bond donors (Lipinski definition) is 0. The molecule has 0 aliphatic rings. The van der Waals surface area contributed by atoms with E-state index in [1.807, 2.05) is 6.92 Å². The summed E-state index contributed by atoms with van der Waals surface area (Å²) in [6.45, 7) is 10.9. The predicted octanol–water partition coefficient (Wildman–Crippen LogP) is 2.45. The van der Waals surface area contributed by atoms with Crippen molar-refractivity contribution in [2.24, 2.45) is 11.3 Å². The Morgan fingerprint density at radius 3 is 2.28 bits per heavy atom. The van der Waals surface area contributed by atoms with Crippen molar-refractivity contribution in [1.82, 2.24) is 14.8 Å². The molecule has 0 saturated carbocycles. The van der Waals surface area contributed by atoms with E-state index >= 15 is 0 Å². The molecular weight excluding hydrogens is 274 g/mol. The van der Waals surface area contributed by atoms with Gasteiger partial charge in [-0.2, -0.15) is 0 Å². The van der Waals surface area contributed by atoms with Crippen molar-refractivity contribution in [1.29, 1.82) is 0 Å². The lowest BCUT2D eigenvalue weighted by atomic mass is 9.80. The van der Waals surface area contributed by atoms with Crippen molar-refractivity contribution >= 4 is 19.7 Å². The lowest BCUT2D eigenvalue weighted by molar-refractivity contribution is 0.254. The zero-order chi connectivity index (χ0) is 14.1. The van der Waals surface area contributed by atoms with Crippen LogP contribution in [0, 0.1) is 11.3 Å². The van der Waals surface area contributed by atoms with Crippen molar-refractivity contribution in [3.8, 4) is 0 Å². The molecular formula is C11H20ClN3O2S. The third-order valence-corrected chi connectivity index (χ3v) is 4.45. The molecule has 0 aromatic carbocycles. The molecule has 1 rings (SSSR count). The third kappa shape index (κ3) is 3.45. The van der Waals surface area contributed by atoms with Crippen molar-refractivity contribution in [3.63, 3.8) is 0 Å². The van der Waals surface area contributed by atoms with Gasteiger partial charge in [-0.3, -0.25) is 0 Å². The Morgan fingerprint density at radius 1 is 1.33 bits per heavy atom. The summed E-state index contributed by atoms with van der Waals surface area (Å²) in [6.07, 6.45) is 0.677. The van der Waals surface area contributed by atoms with Gasteiger partial charge >= 0.3 is 0 Å². The fourth-order valence-corrected chi connectivity index (χ4v) is 2.53. The fourth-order valence-electron chi connectivity index (χ4n) is 1.55. The lowest BCUT2D eigenvalue weighted by Gasteiger charge is -2.26. The maximum Gasteiger partial charge on any atom is 0.296 e. The Morgan fingerprint density at radius 2 is 1.89 bits per heavy atom. The zero-order valence-electron chi connectivity index (χ0n) is 11.4. The number of nitrogens with zero attached hydrogens (tertiary/aromatic N) is 3. The van der Waals surface area contributed by atoms with E-state index in [0.29, 0.717) is 24.7 Å². The molecule has 0 aliphatic heterocycles. The molecule has 0 aliphatic carbocycles. The maximum atomic E-state index is 11.4. The highest BCUT2D eigenvalue weighted by Gasteiger charge is 2.26. The van der Waals surface area contributed by atoms with E-state index in [2.05, 4.69) is 37.9 Å². The summed E-state index contributed by atoms with van der Waals surface area (Å²) in [5.74, 6) is 1.03. The topological polar surface area (TPSA) is 64.8 Å². The molecule has 104 valence electrons. The summed E-state index contributed by atoms with van der Waals surface area (Å²) in [5.41, 5.74) is 0.129. The van der Waals surface area contributed by atoms with Gasteiger partial charge in [-0.1, -0.05) is 27.7 Å². The van der Waals surface area contributed by atoms with Gasteiger partial charge in [-0.25, -0.2) is 8.42 Å². The monoisotopic (exact) mass is 293 g/mol. The van der Waals surface area contributed by atoms with Crippen molar-refractivity contribution in [2.75, 3.05) is 0 Å². The van der Waals surface area contributed by atoms with E-state index < -0.39 is 9.05 Å². The normalized spacial score (nSPS) is 14.8. The summed E-state index contributed by atoms with van der Waals surface area (Å²) in [4.78, 5) is 0. The second-order valence-electron chi connectivity index (χ2n) is 5.55. The van der Waals surface area contributed by atoms with E-state index in [-0.39, 0.29) is 10.6 Å². The van der Waals surface area contributed by atoms with Crippen LogP contribution >= 0.6 is 10.7 Å². The van der Waals surface area contributed by atoms with E-state index in [4.69, 9.17) is 10.7 Å². The smallest absolute Gasteiger partial charge is 0.296 e. The number of halogens is 1. The largest absolute Gasteiger partial charge is 0.301 e. The Kier molecular flexibility index (Phi) is 4.43. The van der Waals surface area contributed by atoms with Crippen molar-refractivity contribution < 1.29 is 8.42 Å².